The Bertz CT molecular complexity index is 611. The predicted octanol–water partition coefficient (Wildman–Crippen LogP) is 4.54. The molecule has 0 radical (unpaired) electrons. The first kappa shape index (κ1) is 11.0. The quantitative estimate of drug-likeness (QED) is 0.599. The minimum Gasteiger partial charge on any atom is -0.188 e. The van der Waals surface area contributed by atoms with Gasteiger partial charge in [-0.25, -0.2) is 0 Å². The Balaban J connectivity index is 1.77. The Morgan fingerprint density at radius 3 is 2.79 bits per heavy atom. The van der Waals surface area contributed by atoms with Crippen molar-refractivity contribution in [2.45, 2.75) is 25.7 Å². The second-order valence-electron chi connectivity index (χ2n) is 5.91. The third-order valence-electron chi connectivity index (χ3n) is 4.76. The summed E-state index contributed by atoms with van der Waals surface area (Å²) in [6, 6.07) is 17.9. The van der Waals surface area contributed by atoms with Gasteiger partial charge in [-0.3, -0.25) is 0 Å². The largest absolute Gasteiger partial charge is 0.188 e. The van der Waals surface area contributed by atoms with Crippen molar-refractivity contribution in [3.8, 4) is 0 Å². The predicted molar refractivity (Wildman–Crippen MR) is 78.9 cm³/mol. The third kappa shape index (κ3) is 1.67. The molecule has 2 aromatic rings. The Morgan fingerprint density at radius 2 is 1.84 bits per heavy atom. The van der Waals surface area contributed by atoms with Crippen molar-refractivity contribution in [1.82, 2.24) is 0 Å². The first-order chi connectivity index (χ1) is 9.33. The van der Waals surface area contributed by atoms with Crippen molar-refractivity contribution in [2.75, 3.05) is 0 Å². The highest BCUT2D eigenvalue weighted by Crippen LogP contribution is 2.48. The Hall–Kier alpha value is -1.82. The van der Waals surface area contributed by atoms with Gasteiger partial charge in [0.2, 0.25) is 0 Å². The number of rotatable bonds is 0. The zero-order valence-corrected chi connectivity index (χ0v) is 11.3. The lowest BCUT2D eigenvalue weighted by Gasteiger charge is -2.27. The maximum absolute atomic E-state index is 2.50. The molecule has 0 heterocycles. The van der Waals surface area contributed by atoms with E-state index in [1.807, 2.05) is 0 Å². The van der Waals surface area contributed by atoms with Gasteiger partial charge >= 0.3 is 0 Å². The molecule has 2 aliphatic carbocycles. The smallest absolute Gasteiger partial charge is 0.0730 e. The van der Waals surface area contributed by atoms with Crippen molar-refractivity contribution < 1.29 is 0 Å². The summed E-state index contributed by atoms with van der Waals surface area (Å²) in [5.41, 5.74) is 6.03. The van der Waals surface area contributed by atoms with Crippen LogP contribution in [0.4, 0.5) is 0 Å². The molecule has 2 aromatic carbocycles. The van der Waals surface area contributed by atoms with Gasteiger partial charge in [-0.15, -0.1) is 35.4 Å². The zero-order chi connectivity index (χ0) is 12.8. The van der Waals surface area contributed by atoms with Crippen molar-refractivity contribution in [2.24, 2.45) is 5.92 Å². The second kappa shape index (κ2) is 4.09. The van der Waals surface area contributed by atoms with Crippen LogP contribution in [0.2, 0.25) is 0 Å². The monoisotopic (exact) mass is 246 g/mol. The van der Waals surface area contributed by atoms with Crippen LogP contribution >= 0.6 is 0 Å². The molecule has 0 spiro atoms. The summed E-state index contributed by atoms with van der Waals surface area (Å²) in [6.45, 7) is 2.31. The van der Waals surface area contributed by atoms with E-state index in [1.165, 1.54) is 29.5 Å². The minimum absolute atomic E-state index is 0.677. The third-order valence-corrected chi connectivity index (χ3v) is 4.76. The topological polar surface area (TPSA) is 0 Å². The minimum atomic E-state index is 0.677. The van der Waals surface area contributed by atoms with Crippen molar-refractivity contribution >= 4 is 0 Å². The van der Waals surface area contributed by atoms with E-state index >= 15 is 0 Å². The summed E-state index contributed by atoms with van der Waals surface area (Å²) in [5.74, 6) is 2.91. The van der Waals surface area contributed by atoms with Crippen LogP contribution in [0, 0.1) is 18.3 Å². The fourth-order valence-corrected chi connectivity index (χ4v) is 3.85. The summed E-state index contributed by atoms with van der Waals surface area (Å²) in [7, 11) is 0. The van der Waals surface area contributed by atoms with Crippen LogP contribution in [0.3, 0.4) is 0 Å². The molecule has 4 rings (SSSR count). The van der Waals surface area contributed by atoms with Gasteiger partial charge in [0, 0.05) is 0 Å². The van der Waals surface area contributed by atoms with Crippen molar-refractivity contribution in [3.05, 3.63) is 83.1 Å². The first-order valence-corrected chi connectivity index (χ1v) is 7.17. The van der Waals surface area contributed by atoms with Crippen LogP contribution in [-0.4, -0.2) is 0 Å². The molecule has 0 bridgehead atoms. The SMILES string of the molecule is C[C-]1CC2c3ccccc3[CH-]C2Cc2ccccc21. The highest BCUT2D eigenvalue weighted by atomic mass is 14.4. The molecule has 2 aliphatic rings. The fourth-order valence-electron chi connectivity index (χ4n) is 3.85. The van der Waals surface area contributed by atoms with Crippen LogP contribution in [0.1, 0.15) is 41.5 Å². The summed E-state index contributed by atoms with van der Waals surface area (Å²) in [4.78, 5) is 0. The maximum Gasteiger partial charge on any atom is -0.0730 e. The number of hydrogen-bond acceptors (Lipinski definition) is 0. The van der Waals surface area contributed by atoms with E-state index in [9.17, 15) is 0 Å². The lowest BCUT2D eigenvalue weighted by molar-refractivity contribution is 0.507. The van der Waals surface area contributed by atoms with Crippen LogP contribution < -0.4 is 0 Å². The molecule has 19 heavy (non-hydrogen) atoms. The van der Waals surface area contributed by atoms with E-state index in [2.05, 4.69) is 61.9 Å². The Labute approximate surface area is 115 Å². The molecular formula is C19H18-2. The van der Waals surface area contributed by atoms with Gasteiger partial charge in [-0.05, 0) is 0 Å². The zero-order valence-electron chi connectivity index (χ0n) is 11.3. The van der Waals surface area contributed by atoms with E-state index in [4.69, 9.17) is 0 Å². The summed E-state index contributed by atoms with van der Waals surface area (Å²) in [5, 5.41) is 0. The molecule has 2 atom stereocenters. The maximum atomic E-state index is 2.50. The molecule has 2 unspecified atom stereocenters. The van der Waals surface area contributed by atoms with E-state index < -0.39 is 0 Å². The second-order valence-corrected chi connectivity index (χ2v) is 5.91. The summed E-state index contributed by atoms with van der Waals surface area (Å²) < 4.78 is 0. The van der Waals surface area contributed by atoms with Gasteiger partial charge in [0.1, 0.15) is 0 Å². The summed E-state index contributed by atoms with van der Waals surface area (Å²) in [6.07, 6.45) is 4.89. The van der Waals surface area contributed by atoms with Gasteiger partial charge in [-0.2, -0.15) is 35.6 Å². The van der Waals surface area contributed by atoms with Crippen LogP contribution in [0.5, 0.6) is 0 Å². The molecule has 0 aliphatic heterocycles. The first-order valence-electron chi connectivity index (χ1n) is 7.17. The van der Waals surface area contributed by atoms with Crippen LogP contribution in [-0.2, 0) is 6.42 Å². The average Bonchev–Trinajstić information content (AvgIpc) is 2.70. The molecule has 0 amide bonds. The van der Waals surface area contributed by atoms with Crippen LogP contribution in [0.25, 0.3) is 0 Å². The Kier molecular flexibility index (Phi) is 2.38. The molecule has 0 saturated heterocycles. The highest BCUT2D eigenvalue weighted by molar-refractivity contribution is 5.48. The van der Waals surface area contributed by atoms with Gasteiger partial charge in [0.05, 0.1) is 0 Å². The normalized spacial score (nSPS) is 23.9. The molecular weight excluding hydrogens is 228 g/mol. The van der Waals surface area contributed by atoms with Crippen molar-refractivity contribution in [3.63, 3.8) is 0 Å². The molecule has 0 N–H and O–H groups in total. The summed E-state index contributed by atoms with van der Waals surface area (Å²) >= 11 is 0. The molecule has 0 fully saturated rings. The fraction of sp³-hybridized carbons (Fsp3) is 0.263. The Morgan fingerprint density at radius 1 is 1.05 bits per heavy atom. The molecule has 0 aromatic heterocycles. The number of benzene rings is 2. The number of hydrogen-bond donors (Lipinski definition) is 0. The van der Waals surface area contributed by atoms with E-state index in [1.54, 1.807) is 11.5 Å². The molecule has 0 heteroatoms. The van der Waals surface area contributed by atoms with Crippen molar-refractivity contribution in [1.29, 1.82) is 0 Å². The highest BCUT2D eigenvalue weighted by Gasteiger charge is 2.27. The molecule has 0 nitrogen and oxygen atoms in total. The molecule has 0 saturated carbocycles. The lowest BCUT2D eigenvalue weighted by atomic mass is 9.85. The number of fused-ring (bicyclic) bond motifs is 4. The van der Waals surface area contributed by atoms with E-state index in [-0.39, 0.29) is 0 Å². The van der Waals surface area contributed by atoms with Gasteiger partial charge in [0.15, 0.2) is 0 Å². The van der Waals surface area contributed by atoms with Crippen LogP contribution in [0.15, 0.2) is 48.5 Å². The van der Waals surface area contributed by atoms with E-state index in [0.717, 1.165) is 0 Å². The standard InChI is InChI=1S/C19H18/c1-13-10-19-16(11-14-6-2-4-8-17(13)14)12-15-7-3-5-9-18(15)19/h2-9,12,16,19H,10-11H2,1H3/q-2. The van der Waals surface area contributed by atoms with E-state index in [0.29, 0.717) is 11.8 Å². The van der Waals surface area contributed by atoms with Gasteiger partial charge in [0.25, 0.3) is 0 Å². The lowest BCUT2D eigenvalue weighted by Crippen LogP contribution is -2.08. The van der Waals surface area contributed by atoms with Gasteiger partial charge in [-0.1, -0.05) is 43.7 Å². The average molecular weight is 246 g/mol. The van der Waals surface area contributed by atoms with Gasteiger partial charge < -0.3 is 0 Å². The molecule has 96 valence electrons.